The van der Waals surface area contributed by atoms with Gasteiger partial charge < -0.3 is 10.1 Å². The van der Waals surface area contributed by atoms with Crippen molar-refractivity contribution < 1.29 is 9.53 Å². The highest BCUT2D eigenvalue weighted by Gasteiger charge is 2.35. The van der Waals surface area contributed by atoms with Crippen molar-refractivity contribution >= 4 is 39.7 Å². The lowest BCUT2D eigenvalue weighted by Crippen LogP contribution is -2.34. The average Bonchev–Trinajstić information content (AvgIpc) is 3.29. The fraction of sp³-hybridized carbons (Fsp3) is 0.240. The van der Waals surface area contributed by atoms with Crippen LogP contribution in [0.15, 0.2) is 60.7 Å². The molecule has 2 N–H and O–H groups in total. The molecule has 0 spiro atoms. The van der Waals surface area contributed by atoms with E-state index in [1.807, 2.05) is 54.6 Å². The molecule has 1 aliphatic rings. The first-order valence-electron chi connectivity index (χ1n) is 10.3. The zero-order valence-corrected chi connectivity index (χ0v) is 18.1. The van der Waals surface area contributed by atoms with Crippen LogP contribution < -0.4 is 15.4 Å². The number of hydrogen-bond donors (Lipinski definition) is 2. The second-order valence-corrected chi connectivity index (χ2v) is 8.19. The van der Waals surface area contributed by atoms with E-state index < -0.39 is 0 Å². The van der Waals surface area contributed by atoms with Crippen LogP contribution in [0.4, 0.5) is 5.69 Å². The Morgan fingerprint density at radius 3 is 2.32 bits per heavy atom. The number of ether oxygens (including phenoxy) is 1. The minimum atomic E-state index is -0.375. The summed E-state index contributed by atoms with van der Waals surface area (Å²) in [5, 5.41) is 17.6. The summed E-state index contributed by atoms with van der Waals surface area (Å²) in [5.74, 6) is 0.146. The molecule has 1 amide bonds. The molecule has 3 aromatic carbocycles. The largest absolute Gasteiger partial charge is 0.496 e. The van der Waals surface area contributed by atoms with Crippen LogP contribution in [0.1, 0.15) is 41.6 Å². The first-order chi connectivity index (χ1) is 15.0. The maximum atomic E-state index is 12.8. The first-order valence-corrected chi connectivity index (χ1v) is 10.7. The molecule has 1 aliphatic carbocycles. The molecule has 0 heterocycles. The highest BCUT2D eigenvalue weighted by atomic mass is 32.1. The summed E-state index contributed by atoms with van der Waals surface area (Å²) in [6, 6.07) is 21.6. The Bertz CT molecular complexity index is 1180. The van der Waals surface area contributed by atoms with Crippen molar-refractivity contribution in [3.63, 3.8) is 0 Å². The van der Waals surface area contributed by atoms with E-state index in [2.05, 4.69) is 16.7 Å². The van der Waals surface area contributed by atoms with Crippen molar-refractivity contribution in [3.8, 4) is 11.8 Å². The van der Waals surface area contributed by atoms with Gasteiger partial charge in [-0.1, -0.05) is 49.2 Å². The van der Waals surface area contributed by atoms with Gasteiger partial charge in [-0.25, -0.2) is 0 Å². The van der Waals surface area contributed by atoms with Gasteiger partial charge in [-0.15, -0.1) is 0 Å². The second-order valence-electron chi connectivity index (χ2n) is 7.79. The minimum absolute atomic E-state index is 0.198. The third-order valence-corrected chi connectivity index (χ3v) is 6.11. The van der Waals surface area contributed by atoms with Gasteiger partial charge in [0.15, 0.2) is 5.11 Å². The van der Waals surface area contributed by atoms with E-state index in [1.165, 1.54) is 7.11 Å². The molecule has 1 saturated carbocycles. The summed E-state index contributed by atoms with van der Waals surface area (Å²) in [4.78, 5) is 12.8. The number of fused-ring (bicyclic) bond motifs is 1. The fourth-order valence-electron chi connectivity index (χ4n) is 4.21. The van der Waals surface area contributed by atoms with Crippen LogP contribution in [-0.2, 0) is 5.41 Å². The number of benzene rings is 3. The molecule has 4 rings (SSSR count). The maximum Gasteiger partial charge on any atom is 0.261 e. The van der Waals surface area contributed by atoms with Crippen LogP contribution in [0.2, 0.25) is 0 Å². The number of nitriles is 1. The SMILES string of the molecule is COc1cc2ccccc2cc1C(=O)NC(=S)Nc1ccc(C2(C#N)CCCC2)cc1. The van der Waals surface area contributed by atoms with E-state index in [9.17, 15) is 10.1 Å². The summed E-state index contributed by atoms with van der Waals surface area (Å²) in [6.45, 7) is 0. The van der Waals surface area contributed by atoms with Crippen LogP contribution in [0.3, 0.4) is 0 Å². The molecule has 0 aromatic heterocycles. The molecule has 0 unspecified atom stereocenters. The van der Waals surface area contributed by atoms with Gasteiger partial charge in [0.25, 0.3) is 5.91 Å². The van der Waals surface area contributed by atoms with Crippen molar-refractivity contribution in [1.82, 2.24) is 5.32 Å². The molecule has 0 radical (unpaired) electrons. The number of nitrogens with zero attached hydrogens (tertiary/aromatic N) is 1. The zero-order valence-electron chi connectivity index (χ0n) is 17.3. The van der Waals surface area contributed by atoms with Gasteiger partial charge in [0.2, 0.25) is 0 Å². The number of amides is 1. The number of anilines is 1. The van der Waals surface area contributed by atoms with Crippen LogP contribution >= 0.6 is 12.2 Å². The number of hydrogen-bond acceptors (Lipinski definition) is 4. The number of thiocarbonyl (C=S) groups is 1. The molecule has 0 aliphatic heterocycles. The summed E-state index contributed by atoms with van der Waals surface area (Å²) in [5.41, 5.74) is 1.83. The van der Waals surface area contributed by atoms with Crippen LogP contribution in [0.25, 0.3) is 10.8 Å². The molecule has 5 nitrogen and oxygen atoms in total. The standard InChI is InChI=1S/C25H23N3O2S/c1-30-22-15-18-7-3-2-6-17(18)14-21(22)23(29)28-24(31)27-20-10-8-19(9-11-20)25(16-26)12-4-5-13-25/h2-3,6-11,14-15H,4-5,12-13H2,1H3,(H2,27,28,29,31). The van der Waals surface area contributed by atoms with Crippen molar-refractivity contribution in [1.29, 1.82) is 5.26 Å². The molecule has 0 atom stereocenters. The molecule has 0 saturated heterocycles. The lowest BCUT2D eigenvalue weighted by molar-refractivity contribution is 0.0975. The van der Waals surface area contributed by atoms with Crippen LogP contribution in [0, 0.1) is 11.3 Å². The van der Waals surface area contributed by atoms with Crippen LogP contribution in [0.5, 0.6) is 5.75 Å². The molecular formula is C25H23N3O2S. The highest BCUT2D eigenvalue weighted by molar-refractivity contribution is 7.80. The Labute approximate surface area is 187 Å². The monoisotopic (exact) mass is 429 g/mol. The van der Waals surface area contributed by atoms with Gasteiger partial charge in [0, 0.05) is 5.69 Å². The zero-order chi connectivity index (χ0) is 21.8. The van der Waals surface area contributed by atoms with E-state index in [0.717, 1.165) is 47.7 Å². The summed E-state index contributed by atoms with van der Waals surface area (Å²) in [7, 11) is 1.54. The molecule has 156 valence electrons. The number of rotatable bonds is 4. The molecular weight excluding hydrogens is 406 g/mol. The number of carbonyl (C=O) groups excluding carboxylic acids is 1. The van der Waals surface area contributed by atoms with Gasteiger partial charge in [-0.2, -0.15) is 5.26 Å². The van der Waals surface area contributed by atoms with Crippen molar-refractivity contribution in [3.05, 3.63) is 71.8 Å². The van der Waals surface area contributed by atoms with Gasteiger partial charge in [0.1, 0.15) is 5.75 Å². The van der Waals surface area contributed by atoms with E-state index in [1.54, 1.807) is 6.07 Å². The quantitative estimate of drug-likeness (QED) is 0.550. The molecule has 6 heteroatoms. The number of nitrogens with one attached hydrogen (secondary N) is 2. The summed E-state index contributed by atoms with van der Waals surface area (Å²) >= 11 is 5.34. The van der Waals surface area contributed by atoms with Gasteiger partial charge in [-0.3, -0.25) is 10.1 Å². The smallest absolute Gasteiger partial charge is 0.261 e. The lowest BCUT2D eigenvalue weighted by Gasteiger charge is -2.21. The number of methoxy groups -OCH3 is 1. The van der Waals surface area contributed by atoms with E-state index in [4.69, 9.17) is 17.0 Å². The molecule has 0 bridgehead atoms. The van der Waals surface area contributed by atoms with Gasteiger partial charge >= 0.3 is 0 Å². The third-order valence-electron chi connectivity index (χ3n) is 5.91. The van der Waals surface area contributed by atoms with Gasteiger partial charge in [-0.05, 0) is 65.7 Å². The van der Waals surface area contributed by atoms with E-state index >= 15 is 0 Å². The minimum Gasteiger partial charge on any atom is -0.496 e. The predicted molar refractivity (Wildman–Crippen MR) is 126 cm³/mol. The Morgan fingerprint density at radius 2 is 1.71 bits per heavy atom. The Balaban J connectivity index is 1.46. The lowest BCUT2D eigenvalue weighted by atomic mass is 9.80. The normalized spacial score (nSPS) is 14.6. The van der Waals surface area contributed by atoms with Crippen molar-refractivity contribution in [2.45, 2.75) is 31.1 Å². The third kappa shape index (κ3) is 4.23. The first kappa shape index (κ1) is 20.8. The molecule has 3 aromatic rings. The fourth-order valence-corrected chi connectivity index (χ4v) is 4.43. The molecule has 31 heavy (non-hydrogen) atoms. The highest BCUT2D eigenvalue weighted by Crippen LogP contribution is 2.40. The average molecular weight is 430 g/mol. The Morgan fingerprint density at radius 1 is 1.06 bits per heavy atom. The van der Waals surface area contributed by atoms with E-state index in [-0.39, 0.29) is 16.4 Å². The Kier molecular flexibility index (Phi) is 5.88. The second kappa shape index (κ2) is 8.75. The Hall–Kier alpha value is -3.43. The van der Waals surface area contributed by atoms with E-state index in [0.29, 0.717) is 11.3 Å². The molecule has 1 fully saturated rings. The van der Waals surface area contributed by atoms with Crippen molar-refractivity contribution in [2.75, 3.05) is 12.4 Å². The van der Waals surface area contributed by atoms with Gasteiger partial charge in [0.05, 0.1) is 24.2 Å². The summed E-state index contributed by atoms with van der Waals surface area (Å²) < 4.78 is 5.41. The number of carbonyl (C=O) groups is 1. The maximum absolute atomic E-state index is 12.8. The van der Waals surface area contributed by atoms with Crippen LogP contribution in [-0.4, -0.2) is 18.1 Å². The predicted octanol–water partition coefficient (Wildman–Crippen LogP) is 5.31. The topological polar surface area (TPSA) is 74.2 Å². The summed E-state index contributed by atoms with van der Waals surface area (Å²) in [6.07, 6.45) is 3.97. The van der Waals surface area contributed by atoms with Crippen molar-refractivity contribution in [2.24, 2.45) is 0 Å².